The minimum Gasteiger partial charge on any atom is -0.462 e. The summed E-state index contributed by atoms with van der Waals surface area (Å²) in [5.41, 5.74) is 1.68. The van der Waals surface area contributed by atoms with E-state index in [4.69, 9.17) is 14.5 Å². The summed E-state index contributed by atoms with van der Waals surface area (Å²) >= 11 is 0. The minimum atomic E-state index is -0.570. The molecule has 3 aliphatic rings. The van der Waals surface area contributed by atoms with E-state index in [9.17, 15) is 4.79 Å². The molecule has 3 fully saturated rings. The van der Waals surface area contributed by atoms with E-state index in [0.29, 0.717) is 30.9 Å². The molecular formula is C35H41FN6O3. The molecule has 2 unspecified atom stereocenters. The van der Waals surface area contributed by atoms with E-state index < -0.39 is 11.4 Å². The van der Waals surface area contributed by atoms with E-state index in [2.05, 4.69) is 38.9 Å². The van der Waals surface area contributed by atoms with Gasteiger partial charge in [0.1, 0.15) is 29.2 Å². The number of piperazine rings is 1. The van der Waals surface area contributed by atoms with Crippen LogP contribution < -0.4 is 9.64 Å². The highest BCUT2D eigenvalue weighted by molar-refractivity contribution is 5.99. The van der Waals surface area contributed by atoms with Gasteiger partial charge >= 0.3 is 12.1 Å². The van der Waals surface area contributed by atoms with Crippen molar-refractivity contribution in [1.82, 2.24) is 24.8 Å². The highest BCUT2D eigenvalue weighted by Gasteiger charge is 2.45. The largest absolute Gasteiger partial charge is 0.462 e. The van der Waals surface area contributed by atoms with Gasteiger partial charge in [-0.25, -0.2) is 9.18 Å². The predicted octanol–water partition coefficient (Wildman–Crippen LogP) is 6.35. The lowest BCUT2D eigenvalue weighted by Gasteiger charge is -2.42. The van der Waals surface area contributed by atoms with Crippen molar-refractivity contribution in [1.29, 1.82) is 0 Å². The molecule has 0 radical (unpaired) electrons. The van der Waals surface area contributed by atoms with Crippen LogP contribution in [-0.4, -0.2) is 87.9 Å². The van der Waals surface area contributed by atoms with Crippen LogP contribution in [0.4, 0.5) is 15.0 Å². The number of amides is 1. The van der Waals surface area contributed by atoms with Gasteiger partial charge in [0.05, 0.1) is 17.5 Å². The summed E-state index contributed by atoms with van der Waals surface area (Å²) in [7, 11) is 2.09. The molecule has 0 N–H and O–H groups in total. The molecule has 3 saturated heterocycles. The zero-order valence-electron chi connectivity index (χ0n) is 26.7. The average molecular weight is 613 g/mol. The number of carbonyl (C=O) groups is 1. The second kappa shape index (κ2) is 11.4. The fourth-order valence-corrected chi connectivity index (χ4v) is 7.16. The summed E-state index contributed by atoms with van der Waals surface area (Å²) in [5.74, 6) is 0.0885. The molecule has 45 heavy (non-hydrogen) atoms. The van der Waals surface area contributed by atoms with Crippen LogP contribution in [0.25, 0.3) is 32.9 Å². The van der Waals surface area contributed by atoms with E-state index in [-0.39, 0.29) is 41.4 Å². The maximum Gasteiger partial charge on any atom is 0.410 e. The molecule has 10 heteroatoms. The number of fused-ring (bicyclic) bond motifs is 4. The van der Waals surface area contributed by atoms with Crippen molar-refractivity contribution < 1.29 is 18.7 Å². The maximum atomic E-state index is 16.7. The topological polar surface area (TPSA) is 83.9 Å². The lowest BCUT2D eigenvalue weighted by Crippen LogP contribution is -2.57. The molecule has 236 valence electrons. The lowest BCUT2D eigenvalue weighted by molar-refractivity contribution is 0.0122. The van der Waals surface area contributed by atoms with Crippen molar-refractivity contribution in [2.24, 2.45) is 0 Å². The number of likely N-dealkylation sites (N-methyl/N-ethyl adjacent to an activating group) is 1. The van der Waals surface area contributed by atoms with Gasteiger partial charge in [-0.05, 0) is 77.7 Å². The van der Waals surface area contributed by atoms with Crippen molar-refractivity contribution in [3.8, 4) is 17.3 Å². The van der Waals surface area contributed by atoms with Crippen LogP contribution in [0.15, 0.2) is 42.6 Å². The third kappa shape index (κ3) is 5.65. The monoisotopic (exact) mass is 612 g/mol. The molecule has 2 aromatic carbocycles. The Labute approximate surface area is 263 Å². The highest BCUT2D eigenvalue weighted by atomic mass is 19.1. The fourth-order valence-electron chi connectivity index (χ4n) is 7.16. The van der Waals surface area contributed by atoms with Gasteiger partial charge < -0.3 is 19.3 Å². The minimum absolute atomic E-state index is 0.0314. The lowest BCUT2D eigenvalue weighted by atomic mass is 9.99. The fraction of sp³-hybridized carbons (Fsp3) is 0.486. The number of pyridine rings is 1. The smallest absolute Gasteiger partial charge is 0.410 e. The number of hydrogen-bond donors (Lipinski definition) is 0. The SMILES string of the molecule is Cc1ccc2cccc(-c3ncc4c(N5CC6CCC(C5)N6C(=O)OC(C)(C)C)nc(OC[C@@H]5CCCN5C)nc4c3F)c2c1. The van der Waals surface area contributed by atoms with E-state index in [1.807, 2.05) is 56.9 Å². The molecule has 0 spiro atoms. The second-order valence-electron chi connectivity index (χ2n) is 13.8. The number of ether oxygens (including phenoxy) is 2. The zero-order valence-corrected chi connectivity index (χ0v) is 26.7. The first-order valence-corrected chi connectivity index (χ1v) is 16.0. The Morgan fingerprint density at radius 2 is 1.82 bits per heavy atom. The molecule has 3 aliphatic heterocycles. The first-order valence-electron chi connectivity index (χ1n) is 16.0. The second-order valence-corrected chi connectivity index (χ2v) is 13.8. The van der Waals surface area contributed by atoms with Gasteiger partial charge in [0, 0.05) is 30.9 Å². The third-order valence-corrected chi connectivity index (χ3v) is 9.40. The van der Waals surface area contributed by atoms with E-state index in [0.717, 1.165) is 54.1 Å². The van der Waals surface area contributed by atoms with Crippen molar-refractivity contribution in [2.75, 3.05) is 38.2 Å². The molecule has 5 heterocycles. The van der Waals surface area contributed by atoms with Gasteiger partial charge in [-0.1, -0.05) is 42.0 Å². The molecule has 7 rings (SSSR count). The molecule has 1 amide bonds. The van der Waals surface area contributed by atoms with Crippen LogP contribution in [0.2, 0.25) is 0 Å². The van der Waals surface area contributed by atoms with Crippen LogP contribution in [-0.2, 0) is 4.74 Å². The van der Waals surface area contributed by atoms with Gasteiger partial charge in [0.2, 0.25) is 0 Å². The quantitative estimate of drug-likeness (QED) is 0.258. The van der Waals surface area contributed by atoms with Gasteiger partial charge in [-0.3, -0.25) is 9.88 Å². The maximum absolute atomic E-state index is 16.7. The summed E-state index contributed by atoms with van der Waals surface area (Å²) in [4.78, 5) is 33.7. The number of anilines is 1. The Morgan fingerprint density at radius 1 is 1.04 bits per heavy atom. The number of carbonyl (C=O) groups excluding carboxylic acids is 1. The Morgan fingerprint density at radius 3 is 2.53 bits per heavy atom. The first kappa shape index (κ1) is 29.6. The number of benzene rings is 2. The van der Waals surface area contributed by atoms with Crippen LogP contribution in [0, 0.1) is 12.7 Å². The van der Waals surface area contributed by atoms with Crippen molar-refractivity contribution in [3.05, 3.63) is 54.0 Å². The molecule has 4 aromatic rings. The number of halogens is 1. The Balaban J connectivity index is 1.29. The summed E-state index contributed by atoms with van der Waals surface area (Å²) in [6.07, 6.45) is 5.31. The van der Waals surface area contributed by atoms with Crippen LogP contribution in [0.5, 0.6) is 6.01 Å². The Hall–Kier alpha value is -4.05. The number of likely N-dealkylation sites (tertiary alicyclic amines) is 1. The Bertz CT molecular complexity index is 1760. The molecular weight excluding hydrogens is 571 g/mol. The van der Waals surface area contributed by atoms with Crippen LogP contribution in [0.1, 0.15) is 52.0 Å². The molecule has 2 bridgehead atoms. The normalized spacial score (nSPS) is 22.0. The molecule has 0 saturated carbocycles. The number of aryl methyl sites for hydroxylation is 1. The van der Waals surface area contributed by atoms with E-state index in [1.165, 1.54) is 0 Å². The highest BCUT2D eigenvalue weighted by Crippen LogP contribution is 2.38. The van der Waals surface area contributed by atoms with Crippen molar-refractivity contribution in [2.45, 2.75) is 77.1 Å². The number of hydrogen-bond acceptors (Lipinski definition) is 8. The molecule has 9 nitrogen and oxygen atoms in total. The van der Waals surface area contributed by atoms with E-state index >= 15 is 4.39 Å². The summed E-state index contributed by atoms with van der Waals surface area (Å²) in [5, 5.41) is 2.49. The summed E-state index contributed by atoms with van der Waals surface area (Å²) < 4.78 is 28.7. The molecule has 3 atom stereocenters. The zero-order chi connectivity index (χ0) is 31.5. The average Bonchev–Trinajstić information content (AvgIpc) is 3.53. The van der Waals surface area contributed by atoms with Crippen molar-refractivity contribution >= 4 is 33.6 Å². The number of rotatable bonds is 5. The standard InChI is InChI=1S/C35H41FN6O3/c1-21-11-12-22-8-6-10-26(27(22)16-21)30-29(36)31-28(17-37-30)32(39-33(38-31)44-20-25-9-7-15-40(25)5)41-18-23-13-14-24(19-41)42(23)34(43)45-35(2,3)4/h6,8,10-12,16-17,23-25H,7,9,13-15,18-20H2,1-5H3/t23?,24?,25-/m0/s1. The van der Waals surface area contributed by atoms with Gasteiger partial charge in [0.15, 0.2) is 5.82 Å². The number of nitrogens with zero attached hydrogens (tertiary/aromatic N) is 6. The van der Waals surface area contributed by atoms with Gasteiger partial charge in [0.25, 0.3) is 0 Å². The summed E-state index contributed by atoms with van der Waals surface area (Å²) in [6, 6.07) is 12.4. The van der Waals surface area contributed by atoms with Crippen LogP contribution >= 0.6 is 0 Å². The molecule has 0 aliphatic carbocycles. The Kier molecular flexibility index (Phi) is 7.50. The summed E-state index contributed by atoms with van der Waals surface area (Å²) in [6.45, 7) is 10.2. The van der Waals surface area contributed by atoms with E-state index in [1.54, 1.807) is 6.20 Å². The van der Waals surface area contributed by atoms with Crippen LogP contribution in [0.3, 0.4) is 0 Å². The number of aromatic nitrogens is 3. The molecule has 2 aromatic heterocycles. The van der Waals surface area contributed by atoms with Gasteiger partial charge in [-0.15, -0.1) is 0 Å². The van der Waals surface area contributed by atoms with Gasteiger partial charge in [-0.2, -0.15) is 9.97 Å². The van der Waals surface area contributed by atoms with Crippen molar-refractivity contribution in [3.63, 3.8) is 0 Å². The predicted molar refractivity (Wildman–Crippen MR) is 173 cm³/mol. The first-order chi connectivity index (χ1) is 21.6. The third-order valence-electron chi connectivity index (χ3n) is 9.40.